The van der Waals surface area contributed by atoms with Crippen LogP contribution < -0.4 is 5.32 Å². The highest BCUT2D eigenvalue weighted by Gasteiger charge is 2.03. The second kappa shape index (κ2) is 4.62. The molecule has 1 aromatic heterocycles. The van der Waals surface area contributed by atoms with Gasteiger partial charge in [-0.05, 0) is 36.8 Å². The van der Waals surface area contributed by atoms with Gasteiger partial charge in [0.15, 0.2) is 0 Å². The molecule has 0 fully saturated rings. The molecule has 0 aliphatic rings. The molecule has 1 aromatic carbocycles. The number of nitriles is 1. The van der Waals surface area contributed by atoms with Crippen LogP contribution in [-0.4, -0.2) is 4.98 Å². The second-order valence-electron chi connectivity index (χ2n) is 3.63. The van der Waals surface area contributed by atoms with Crippen LogP contribution in [0.3, 0.4) is 0 Å². The summed E-state index contributed by atoms with van der Waals surface area (Å²) in [6, 6.07) is 11.7. The molecule has 3 nitrogen and oxygen atoms in total. The maximum absolute atomic E-state index is 13.5. The molecule has 0 amide bonds. The van der Waals surface area contributed by atoms with Gasteiger partial charge < -0.3 is 5.32 Å². The lowest BCUT2D eigenvalue weighted by atomic mass is 10.2. The molecule has 0 radical (unpaired) electrons. The monoisotopic (exact) mass is 227 g/mol. The van der Waals surface area contributed by atoms with Crippen LogP contribution in [0.15, 0.2) is 36.4 Å². The molecular formula is C13H10FN3. The normalized spacial score (nSPS) is 9.71. The maximum Gasteiger partial charge on any atom is 0.146 e. The molecule has 2 aromatic rings. The van der Waals surface area contributed by atoms with E-state index in [1.165, 1.54) is 6.07 Å². The number of anilines is 2. The molecule has 17 heavy (non-hydrogen) atoms. The number of pyridine rings is 1. The lowest BCUT2D eigenvalue weighted by Crippen LogP contribution is -1.97. The smallest absolute Gasteiger partial charge is 0.146 e. The summed E-state index contributed by atoms with van der Waals surface area (Å²) in [5.41, 5.74) is 1.60. The molecule has 0 spiro atoms. The summed E-state index contributed by atoms with van der Waals surface area (Å²) in [5.74, 6) is 0.105. The van der Waals surface area contributed by atoms with Gasteiger partial charge in [0.2, 0.25) is 0 Å². The lowest BCUT2D eigenvalue weighted by molar-refractivity contribution is 0.631. The standard InChI is InChI=1S/C13H10FN3/c1-9-5-6-11(14)12(7-9)17-13-4-2-3-10(8-15)16-13/h2-7H,1H3,(H,16,17). The Hall–Kier alpha value is -2.41. The van der Waals surface area contributed by atoms with E-state index in [0.717, 1.165) is 5.56 Å². The van der Waals surface area contributed by atoms with E-state index in [2.05, 4.69) is 10.3 Å². The Labute approximate surface area is 98.5 Å². The number of benzene rings is 1. The largest absolute Gasteiger partial charge is 0.338 e. The maximum atomic E-state index is 13.5. The van der Waals surface area contributed by atoms with Gasteiger partial charge in [-0.15, -0.1) is 0 Å². The lowest BCUT2D eigenvalue weighted by Gasteiger charge is -2.07. The highest BCUT2D eigenvalue weighted by Crippen LogP contribution is 2.19. The fourth-order valence-electron chi connectivity index (χ4n) is 1.44. The van der Waals surface area contributed by atoms with E-state index in [9.17, 15) is 4.39 Å². The van der Waals surface area contributed by atoms with E-state index in [1.807, 2.05) is 13.0 Å². The highest BCUT2D eigenvalue weighted by atomic mass is 19.1. The van der Waals surface area contributed by atoms with Gasteiger partial charge >= 0.3 is 0 Å². The van der Waals surface area contributed by atoms with Gasteiger partial charge in [0.05, 0.1) is 5.69 Å². The van der Waals surface area contributed by atoms with E-state index in [4.69, 9.17) is 5.26 Å². The van der Waals surface area contributed by atoms with Gasteiger partial charge in [0.25, 0.3) is 0 Å². The van der Waals surface area contributed by atoms with Crippen LogP contribution in [-0.2, 0) is 0 Å². The van der Waals surface area contributed by atoms with Crippen molar-refractivity contribution in [2.45, 2.75) is 6.92 Å². The van der Waals surface area contributed by atoms with Crippen molar-refractivity contribution in [3.8, 4) is 6.07 Å². The van der Waals surface area contributed by atoms with Crippen LogP contribution in [0.5, 0.6) is 0 Å². The average molecular weight is 227 g/mol. The highest BCUT2D eigenvalue weighted by molar-refractivity contribution is 5.58. The second-order valence-corrected chi connectivity index (χ2v) is 3.63. The summed E-state index contributed by atoms with van der Waals surface area (Å²) in [5, 5.41) is 11.6. The molecule has 84 valence electrons. The zero-order chi connectivity index (χ0) is 12.3. The third kappa shape index (κ3) is 2.58. The predicted octanol–water partition coefficient (Wildman–Crippen LogP) is 3.14. The number of aryl methyl sites for hydroxylation is 1. The van der Waals surface area contributed by atoms with Crippen LogP contribution in [0.25, 0.3) is 0 Å². The Morgan fingerprint density at radius 3 is 2.88 bits per heavy atom. The summed E-state index contributed by atoms with van der Waals surface area (Å²) >= 11 is 0. The average Bonchev–Trinajstić information content (AvgIpc) is 2.34. The number of hydrogen-bond donors (Lipinski definition) is 1. The number of hydrogen-bond acceptors (Lipinski definition) is 3. The van der Waals surface area contributed by atoms with Gasteiger partial charge in [0.1, 0.15) is 23.4 Å². The first-order chi connectivity index (χ1) is 8.19. The van der Waals surface area contributed by atoms with Crippen molar-refractivity contribution in [3.63, 3.8) is 0 Å². The first-order valence-electron chi connectivity index (χ1n) is 5.09. The molecule has 0 saturated heterocycles. The number of nitrogens with one attached hydrogen (secondary N) is 1. The number of nitrogens with zero attached hydrogens (tertiary/aromatic N) is 2. The van der Waals surface area contributed by atoms with E-state index in [0.29, 0.717) is 17.2 Å². The summed E-state index contributed by atoms with van der Waals surface area (Å²) in [4.78, 5) is 4.02. The minimum atomic E-state index is -0.347. The van der Waals surface area contributed by atoms with Crippen molar-refractivity contribution in [1.29, 1.82) is 5.26 Å². The molecule has 0 saturated carbocycles. The molecule has 0 aliphatic carbocycles. The Balaban J connectivity index is 2.31. The first kappa shape index (κ1) is 11.1. The van der Waals surface area contributed by atoms with Crippen LogP contribution in [0.1, 0.15) is 11.3 Å². The van der Waals surface area contributed by atoms with Gasteiger partial charge in [-0.2, -0.15) is 5.26 Å². The van der Waals surface area contributed by atoms with Crippen LogP contribution in [0, 0.1) is 24.1 Å². The topological polar surface area (TPSA) is 48.7 Å². The van der Waals surface area contributed by atoms with Crippen molar-refractivity contribution >= 4 is 11.5 Å². The number of halogens is 1. The molecule has 0 atom stereocenters. The quantitative estimate of drug-likeness (QED) is 0.857. The Bertz CT molecular complexity index is 587. The third-order valence-corrected chi connectivity index (χ3v) is 2.25. The van der Waals surface area contributed by atoms with Gasteiger partial charge in [-0.3, -0.25) is 0 Å². The number of rotatable bonds is 2. The molecule has 1 heterocycles. The molecule has 2 rings (SSSR count). The summed E-state index contributed by atoms with van der Waals surface area (Å²) in [7, 11) is 0. The fraction of sp³-hybridized carbons (Fsp3) is 0.0769. The van der Waals surface area contributed by atoms with Crippen LogP contribution in [0.4, 0.5) is 15.9 Å². The zero-order valence-corrected chi connectivity index (χ0v) is 9.24. The number of aromatic nitrogens is 1. The van der Waals surface area contributed by atoms with E-state index < -0.39 is 0 Å². The first-order valence-corrected chi connectivity index (χ1v) is 5.09. The Morgan fingerprint density at radius 2 is 2.12 bits per heavy atom. The van der Waals surface area contributed by atoms with E-state index >= 15 is 0 Å². The zero-order valence-electron chi connectivity index (χ0n) is 9.24. The molecule has 0 bridgehead atoms. The van der Waals surface area contributed by atoms with Gasteiger partial charge in [0, 0.05) is 0 Å². The molecular weight excluding hydrogens is 217 g/mol. The minimum Gasteiger partial charge on any atom is -0.338 e. The van der Waals surface area contributed by atoms with Gasteiger partial charge in [-0.1, -0.05) is 12.1 Å². The van der Waals surface area contributed by atoms with Crippen molar-refractivity contribution in [2.24, 2.45) is 0 Å². The van der Waals surface area contributed by atoms with E-state index in [-0.39, 0.29) is 5.82 Å². The summed E-state index contributed by atoms with van der Waals surface area (Å²) in [6.45, 7) is 1.88. The fourth-order valence-corrected chi connectivity index (χ4v) is 1.44. The molecule has 1 N–H and O–H groups in total. The van der Waals surface area contributed by atoms with Crippen LogP contribution >= 0.6 is 0 Å². The molecule has 0 aliphatic heterocycles. The molecule has 0 unspecified atom stereocenters. The van der Waals surface area contributed by atoms with Crippen molar-refractivity contribution in [2.75, 3.05) is 5.32 Å². The van der Waals surface area contributed by atoms with E-state index in [1.54, 1.807) is 30.3 Å². The minimum absolute atomic E-state index is 0.295. The van der Waals surface area contributed by atoms with Crippen molar-refractivity contribution in [1.82, 2.24) is 4.98 Å². The van der Waals surface area contributed by atoms with Gasteiger partial charge in [-0.25, -0.2) is 9.37 Å². The molecule has 4 heteroatoms. The summed E-state index contributed by atoms with van der Waals surface area (Å²) in [6.07, 6.45) is 0. The van der Waals surface area contributed by atoms with Crippen molar-refractivity contribution < 1.29 is 4.39 Å². The third-order valence-electron chi connectivity index (χ3n) is 2.25. The SMILES string of the molecule is Cc1ccc(F)c(Nc2cccc(C#N)n2)c1. The Morgan fingerprint density at radius 1 is 1.29 bits per heavy atom. The van der Waals surface area contributed by atoms with Crippen LogP contribution in [0.2, 0.25) is 0 Å². The van der Waals surface area contributed by atoms with Crippen molar-refractivity contribution in [3.05, 3.63) is 53.5 Å². The predicted molar refractivity (Wildman–Crippen MR) is 63.4 cm³/mol. The summed E-state index contributed by atoms with van der Waals surface area (Å²) < 4.78 is 13.5. The Kier molecular flexibility index (Phi) is 3.01.